The first-order valence-electron chi connectivity index (χ1n) is 8.25. The molecule has 0 atom stereocenters. The fraction of sp³-hybridized carbons (Fsp3) is 0. The number of rotatable bonds is 4. The summed E-state index contributed by atoms with van der Waals surface area (Å²) in [6.45, 7) is 0. The molecule has 28 heavy (non-hydrogen) atoms. The van der Waals surface area contributed by atoms with Crippen LogP contribution in [-0.2, 0) is 0 Å². The molecule has 0 fully saturated rings. The number of nitro benzene ring substituents is 1. The molecule has 0 spiro atoms. The van der Waals surface area contributed by atoms with E-state index < -0.39 is 4.92 Å². The van der Waals surface area contributed by atoms with Gasteiger partial charge in [-0.25, -0.2) is 9.97 Å². The van der Waals surface area contributed by atoms with E-state index in [4.69, 9.17) is 23.2 Å². The summed E-state index contributed by atoms with van der Waals surface area (Å²) in [5.41, 5.74) is 1.95. The van der Waals surface area contributed by atoms with Crippen molar-refractivity contribution in [2.75, 3.05) is 5.32 Å². The standard InChI is InChI=1S/C20H12Cl2N4O2/c21-16-9-8-13(11-17(16)22)23-20-15-6-1-2-7-18(15)24-19(25-20)12-4-3-5-14(10-12)26(27)28/h1-11H,(H,23,24,25). The van der Waals surface area contributed by atoms with Gasteiger partial charge in [0.1, 0.15) is 5.82 Å². The van der Waals surface area contributed by atoms with Crippen molar-refractivity contribution in [2.24, 2.45) is 0 Å². The third kappa shape index (κ3) is 3.60. The molecule has 8 heteroatoms. The summed E-state index contributed by atoms with van der Waals surface area (Å²) < 4.78 is 0. The van der Waals surface area contributed by atoms with Crippen molar-refractivity contribution in [3.63, 3.8) is 0 Å². The molecular formula is C20H12Cl2N4O2. The predicted molar refractivity (Wildman–Crippen MR) is 111 cm³/mol. The second kappa shape index (κ2) is 7.42. The van der Waals surface area contributed by atoms with Crippen molar-refractivity contribution in [3.8, 4) is 11.4 Å². The van der Waals surface area contributed by atoms with Crippen LogP contribution in [0.1, 0.15) is 0 Å². The van der Waals surface area contributed by atoms with E-state index in [1.54, 1.807) is 30.3 Å². The summed E-state index contributed by atoms with van der Waals surface area (Å²) in [5, 5.41) is 16.0. The van der Waals surface area contributed by atoms with Gasteiger partial charge in [-0.1, -0.05) is 47.5 Å². The molecule has 4 aromatic rings. The number of non-ortho nitro benzene ring substituents is 1. The molecule has 6 nitrogen and oxygen atoms in total. The summed E-state index contributed by atoms with van der Waals surface area (Å²) in [5.74, 6) is 0.940. The lowest BCUT2D eigenvalue weighted by Gasteiger charge is -2.11. The number of fused-ring (bicyclic) bond motifs is 1. The van der Waals surface area contributed by atoms with Crippen molar-refractivity contribution in [1.29, 1.82) is 0 Å². The van der Waals surface area contributed by atoms with Gasteiger partial charge in [-0.3, -0.25) is 10.1 Å². The quantitative estimate of drug-likeness (QED) is 0.317. The van der Waals surface area contributed by atoms with Gasteiger partial charge in [-0.2, -0.15) is 0 Å². The molecule has 138 valence electrons. The van der Waals surface area contributed by atoms with Gasteiger partial charge in [-0.15, -0.1) is 0 Å². The maximum atomic E-state index is 11.1. The van der Waals surface area contributed by atoms with Gasteiger partial charge in [0.15, 0.2) is 5.82 Å². The first-order chi connectivity index (χ1) is 13.5. The molecular weight excluding hydrogens is 399 g/mol. The van der Waals surface area contributed by atoms with E-state index in [-0.39, 0.29) is 5.69 Å². The van der Waals surface area contributed by atoms with Crippen LogP contribution in [0.5, 0.6) is 0 Å². The number of hydrogen-bond acceptors (Lipinski definition) is 5. The molecule has 1 heterocycles. The number of nitrogens with zero attached hydrogens (tertiary/aromatic N) is 3. The van der Waals surface area contributed by atoms with Crippen LogP contribution in [0.2, 0.25) is 10.0 Å². The van der Waals surface area contributed by atoms with Crippen molar-refractivity contribution < 1.29 is 4.92 Å². The number of anilines is 2. The number of nitrogens with one attached hydrogen (secondary N) is 1. The topological polar surface area (TPSA) is 81.0 Å². The van der Waals surface area contributed by atoms with Crippen LogP contribution in [0.25, 0.3) is 22.3 Å². The summed E-state index contributed by atoms with van der Waals surface area (Å²) in [6.07, 6.45) is 0. The third-order valence-corrected chi connectivity index (χ3v) is 4.84. The zero-order valence-electron chi connectivity index (χ0n) is 14.3. The molecule has 0 amide bonds. The van der Waals surface area contributed by atoms with Crippen LogP contribution >= 0.6 is 23.2 Å². The number of halogens is 2. The Labute approximate surface area is 169 Å². The van der Waals surface area contributed by atoms with Crippen molar-refractivity contribution in [3.05, 3.63) is 86.9 Å². The zero-order valence-corrected chi connectivity index (χ0v) is 15.8. The fourth-order valence-corrected chi connectivity index (χ4v) is 3.07. The summed E-state index contributed by atoms with van der Waals surface area (Å²) in [7, 11) is 0. The van der Waals surface area contributed by atoms with Gasteiger partial charge in [0.05, 0.1) is 20.5 Å². The highest BCUT2D eigenvalue weighted by atomic mass is 35.5. The molecule has 0 unspecified atom stereocenters. The van der Waals surface area contributed by atoms with Crippen molar-refractivity contribution in [2.45, 2.75) is 0 Å². The maximum Gasteiger partial charge on any atom is 0.270 e. The minimum Gasteiger partial charge on any atom is -0.340 e. The summed E-state index contributed by atoms with van der Waals surface area (Å²) in [4.78, 5) is 19.8. The van der Waals surface area contributed by atoms with Crippen LogP contribution in [0, 0.1) is 10.1 Å². The number of benzene rings is 3. The molecule has 0 saturated heterocycles. The first kappa shape index (κ1) is 18.2. The predicted octanol–water partition coefficient (Wildman–Crippen LogP) is 6.26. The minimum atomic E-state index is -0.445. The normalized spacial score (nSPS) is 10.8. The van der Waals surface area contributed by atoms with E-state index in [0.717, 1.165) is 5.39 Å². The van der Waals surface area contributed by atoms with E-state index in [0.29, 0.717) is 38.5 Å². The molecule has 1 aromatic heterocycles. The Morgan fingerprint density at radius 2 is 1.71 bits per heavy atom. The SMILES string of the molecule is O=[N+]([O-])c1cccc(-c2nc(Nc3ccc(Cl)c(Cl)c3)c3ccccc3n2)c1. The van der Waals surface area contributed by atoms with Gasteiger partial charge in [-0.05, 0) is 30.3 Å². The van der Waals surface area contributed by atoms with Crippen LogP contribution in [-0.4, -0.2) is 14.9 Å². The highest BCUT2D eigenvalue weighted by molar-refractivity contribution is 6.42. The number of nitro groups is 1. The second-order valence-corrected chi connectivity index (χ2v) is 6.79. The smallest absolute Gasteiger partial charge is 0.270 e. The Kier molecular flexibility index (Phi) is 4.81. The lowest BCUT2D eigenvalue weighted by atomic mass is 10.1. The van der Waals surface area contributed by atoms with Crippen LogP contribution in [0.3, 0.4) is 0 Å². The van der Waals surface area contributed by atoms with Gasteiger partial charge < -0.3 is 5.32 Å². The van der Waals surface area contributed by atoms with E-state index in [9.17, 15) is 10.1 Å². The van der Waals surface area contributed by atoms with Gasteiger partial charge >= 0.3 is 0 Å². The van der Waals surface area contributed by atoms with E-state index in [1.165, 1.54) is 12.1 Å². The van der Waals surface area contributed by atoms with Crippen LogP contribution in [0.15, 0.2) is 66.7 Å². The maximum absolute atomic E-state index is 11.1. The van der Waals surface area contributed by atoms with Crippen molar-refractivity contribution in [1.82, 2.24) is 9.97 Å². The molecule has 3 aromatic carbocycles. The number of para-hydroxylation sites is 1. The highest BCUT2D eigenvalue weighted by Crippen LogP contribution is 2.31. The zero-order chi connectivity index (χ0) is 19.7. The monoisotopic (exact) mass is 410 g/mol. The largest absolute Gasteiger partial charge is 0.340 e. The Balaban J connectivity index is 1.84. The summed E-state index contributed by atoms with van der Waals surface area (Å²) in [6, 6.07) is 18.9. The van der Waals surface area contributed by atoms with Gasteiger partial charge in [0.2, 0.25) is 0 Å². The third-order valence-electron chi connectivity index (χ3n) is 4.10. The molecule has 0 aliphatic carbocycles. The Hall–Kier alpha value is -3.22. The molecule has 1 N–H and O–H groups in total. The van der Waals surface area contributed by atoms with Crippen LogP contribution < -0.4 is 5.32 Å². The van der Waals surface area contributed by atoms with Gasteiger partial charge in [0, 0.05) is 28.8 Å². The average molecular weight is 411 g/mol. The summed E-state index contributed by atoms with van der Waals surface area (Å²) >= 11 is 12.1. The van der Waals surface area contributed by atoms with Crippen LogP contribution in [0.4, 0.5) is 17.2 Å². The fourth-order valence-electron chi connectivity index (χ4n) is 2.77. The highest BCUT2D eigenvalue weighted by Gasteiger charge is 2.13. The van der Waals surface area contributed by atoms with Gasteiger partial charge in [0.25, 0.3) is 5.69 Å². The molecule has 0 bridgehead atoms. The molecule has 0 saturated carbocycles. The molecule has 0 aliphatic rings. The second-order valence-electron chi connectivity index (χ2n) is 5.97. The first-order valence-corrected chi connectivity index (χ1v) is 9.00. The Morgan fingerprint density at radius 3 is 2.50 bits per heavy atom. The Morgan fingerprint density at radius 1 is 0.893 bits per heavy atom. The molecule has 0 aliphatic heterocycles. The van der Waals surface area contributed by atoms with E-state index in [2.05, 4.69) is 15.3 Å². The lowest BCUT2D eigenvalue weighted by molar-refractivity contribution is -0.384. The molecule has 4 rings (SSSR count). The number of hydrogen-bond donors (Lipinski definition) is 1. The van der Waals surface area contributed by atoms with E-state index >= 15 is 0 Å². The lowest BCUT2D eigenvalue weighted by Crippen LogP contribution is -2.00. The number of aromatic nitrogens is 2. The minimum absolute atomic E-state index is 0.0201. The van der Waals surface area contributed by atoms with E-state index in [1.807, 2.05) is 24.3 Å². The Bertz CT molecular complexity index is 1210. The average Bonchev–Trinajstić information content (AvgIpc) is 2.71. The molecule has 0 radical (unpaired) electrons. The van der Waals surface area contributed by atoms with Crippen molar-refractivity contribution >= 4 is 51.3 Å².